The SMILES string of the molecule is Cc1c(-c2nc3c(-c4ccccc4)cccc3[nH]c2=O)c2ccccc2n1CCCN. The molecule has 0 spiro atoms. The monoisotopic (exact) mass is 408 g/mol. The minimum atomic E-state index is -0.178. The first-order valence-electron chi connectivity index (χ1n) is 10.6. The predicted molar refractivity (Wildman–Crippen MR) is 127 cm³/mol. The van der Waals surface area contributed by atoms with E-state index in [-0.39, 0.29) is 5.56 Å². The fourth-order valence-corrected chi connectivity index (χ4v) is 4.40. The molecule has 154 valence electrons. The summed E-state index contributed by atoms with van der Waals surface area (Å²) in [5.41, 5.74) is 12.7. The van der Waals surface area contributed by atoms with Crippen LogP contribution in [0.4, 0.5) is 0 Å². The average molecular weight is 409 g/mol. The van der Waals surface area contributed by atoms with Crippen LogP contribution in [0.3, 0.4) is 0 Å². The Morgan fingerprint density at radius 1 is 0.968 bits per heavy atom. The summed E-state index contributed by atoms with van der Waals surface area (Å²) in [7, 11) is 0. The first-order chi connectivity index (χ1) is 15.2. The van der Waals surface area contributed by atoms with Crippen LogP contribution in [0.15, 0.2) is 77.6 Å². The van der Waals surface area contributed by atoms with Gasteiger partial charge in [0.25, 0.3) is 5.56 Å². The van der Waals surface area contributed by atoms with Crippen LogP contribution in [0, 0.1) is 6.92 Å². The van der Waals surface area contributed by atoms with Crippen molar-refractivity contribution in [1.29, 1.82) is 0 Å². The van der Waals surface area contributed by atoms with Gasteiger partial charge in [0.1, 0.15) is 5.69 Å². The van der Waals surface area contributed by atoms with Crippen molar-refractivity contribution >= 4 is 21.9 Å². The summed E-state index contributed by atoms with van der Waals surface area (Å²) in [5.74, 6) is 0. The smallest absolute Gasteiger partial charge is 0.275 e. The third-order valence-corrected chi connectivity index (χ3v) is 5.86. The van der Waals surface area contributed by atoms with Crippen molar-refractivity contribution in [2.24, 2.45) is 5.73 Å². The molecule has 0 atom stereocenters. The lowest BCUT2D eigenvalue weighted by Crippen LogP contribution is -2.13. The maximum absolute atomic E-state index is 13.2. The summed E-state index contributed by atoms with van der Waals surface area (Å²) in [6, 6.07) is 24.2. The van der Waals surface area contributed by atoms with E-state index < -0.39 is 0 Å². The maximum Gasteiger partial charge on any atom is 0.275 e. The molecule has 5 heteroatoms. The van der Waals surface area contributed by atoms with E-state index in [1.807, 2.05) is 48.5 Å². The molecule has 2 heterocycles. The number of benzene rings is 3. The van der Waals surface area contributed by atoms with Crippen LogP contribution in [-0.4, -0.2) is 21.1 Å². The largest absolute Gasteiger partial charge is 0.344 e. The van der Waals surface area contributed by atoms with Crippen molar-refractivity contribution in [2.45, 2.75) is 19.9 Å². The van der Waals surface area contributed by atoms with Gasteiger partial charge >= 0.3 is 0 Å². The number of fused-ring (bicyclic) bond motifs is 2. The summed E-state index contributed by atoms with van der Waals surface area (Å²) in [6.45, 7) is 3.49. The summed E-state index contributed by atoms with van der Waals surface area (Å²) < 4.78 is 2.24. The van der Waals surface area contributed by atoms with Gasteiger partial charge in [-0.15, -0.1) is 0 Å². The number of aromatic amines is 1. The Hall–Kier alpha value is -3.70. The molecule has 0 fully saturated rings. The second-order valence-electron chi connectivity index (χ2n) is 7.75. The maximum atomic E-state index is 13.2. The highest BCUT2D eigenvalue weighted by molar-refractivity contribution is 5.99. The Balaban J connectivity index is 1.80. The van der Waals surface area contributed by atoms with E-state index in [4.69, 9.17) is 10.7 Å². The van der Waals surface area contributed by atoms with Crippen LogP contribution >= 0.6 is 0 Å². The minimum absolute atomic E-state index is 0.178. The van der Waals surface area contributed by atoms with Gasteiger partial charge in [0.2, 0.25) is 0 Å². The van der Waals surface area contributed by atoms with E-state index in [1.165, 1.54) is 0 Å². The van der Waals surface area contributed by atoms with E-state index in [1.54, 1.807) is 0 Å². The van der Waals surface area contributed by atoms with Crippen LogP contribution in [0.2, 0.25) is 0 Å². The van der Waals surface area contributed by atoms with E-state index in [9.17, 15) is 4.79 Å². The Bertz CT molecular complexity index is 1450. The van der Waals surface area contributed by atoms with Crippen LogP contribution < -0.4 is 11.3 Å². The zero-order valence-electron chi connectivity index (χ0n) is 17.4. The molecule has 0 bridgehead atoms. The Labute approximate surface area is 180 Å². The zero-order valence-corrected chi connectivity index (χ0v) is 17.4. The van der Waals surface area contributed by atoms with Gasteiger partial charge in [0.05, 0.1) is 11.0 Å². The standard InChI is InChI=1S/C26H24N4O/c1-17-23(20-11-5-6-14-22(20)30(17)16-8-15-27)25-26(31)28-21-13-7-12-19(24(21)29-25)18-9-3-2-4-10-18/h2-7,9-14H,8,15-16,27H2,1H3,(H,28,31). The van der Waals surface area contributed by atoms with Crippen LogP contribution in [0.25, 0.3) is 44.3 Å². The second-order valence-corrected chi connectivity index (χ2v) is 7.75. The Morgan fingerprint density at radius 2 is 1.74 bits per heavy atom. The van der Waals surface area contributed by atoms with Gasteiger partial charge in [-0.1, -0.05) is 60.7 Å². The number of nitrogens with one attached hydrogen (secondary N) is 1. The molecular formula is C26H24N4O. The molecule has 0 saturated carbocycles. The van der Waals surface area contributed by atoms with Gasteiger partial charge in [0, 0.05) is 34.3 Å². The van der Waals surface area contributed by atoms with Gasteiger partial charge in [-0.3, -0.25) is 4.79 Å². The van der Waals surface area contributed by atoms with E-state index >= 15 is 0 Å². The molecule has 0 aliphatic rings. The van der Waals surface area contributed by atoms with E-state index in [2.05, 4.69) is 40.7 Å². The molecule has 0 saturated heterocycles. The van der Waals surface area contributed by atoms with Gasteiger partial charge in [-0.05, 0) is 37.6 Å². The molecule has 0 aliphatic carbocycles. The number of nitrogens with two attached hydrogens (primary N) is 1. The van der Waals surface area contributed by atoms with Crippen molar-refractivity contribution in [3.8, 4) is 22.4 Å². The van der Waals surface area contributed by atoms with Crippen molar-refractivity contribution < 1.29 is 0 Å². The molecule has 2 aromatic heterocycles. The molecule has 31 heavy (non-hydrogen) atoms. The first-order valence-corrected chi connectivity index (χ1v) is 10.6. The molecule has 0 unspecified atom stereocenters. The summed E-state index contributed by atoms with van der Waals surface area (Å²) >= 11 is 0. The van der Waals surface area contributed by atoms with Gasteiger partial charge in [0.15, 0.2) is 0 Å². The molecule has 3 aromatic carbocycles. The number of aromatic nitrogens is 3. The lowest BCUT2D eigenvalue weighted by molar-refractivity contribution is 0.657. The molecule has 5 nitrogen and oxygen atoms in total. The molecular weight excluding hydrogens is 384 g/mol. The third kappa shape index (κ3) is 3.23. The lowest BCUT2D eigenvalue weighted by atomic mass is 10.0. The molecule has 0 amide bonds. The fraction of sp³-hybridized carbons (Fsp3) is 0.154. The minimum Gasteiger partial charge on any atom is -0.344 e. The number of rotatable bonds is 5. The number of hydrogen-bond acceptors (Lipinski definition) is 3. The average Bonchev–Trinajstić information content (AvgIpc) is 3.08. The Morgan fingerprint density at radius 3 is 2.55 bits per heavy atom. The van der Waals surface area contributed by atoms with E-state index in [0.717, 1.165) is 57.3 Å². The normalized spacial score (nSPS) is 11.4. The van der Waals surface area contributed by atoms with Crippen molar-refractivity contribution in [3.05, 3.63) is 88.8 Å². The van der Waals surface area contributed by atoms with Crippen molar-refractivity contribution in [2.75, 3.05) is 6.54 Å². The van der Waals surface area contributed by atoms with Crippen LogP contribution in [0.5, 0.6) is 0 Å². The number of para-hydroxylation sites is 2. The molecule has 5 aromatic rings. The lowest BCUT2D eigenvalue weighted by Gasteiger charge is -2.09. The van der Waals surface area contributed by atoms with Gasteiger partial charge in [-0.2, -0.15) is 0 Å². The molecule has 3 N–H and O–H groups in total. The van der Waals surface area contributed by atoms with Gasteiger partial charge in [-0.25, -0.2) is 4.98 Å². The fourth-order valence-electron chi connectivity index (χ4n) is 4.40. The summed E-state index contributed by atoms with van der Waals surface area (Å²) in [4.78, 5) is 21.2. The number of hydrogen-bond donors (Lipinski definition) is 2. The zero-order chi connectivity index (χ0) is 21.4. The van der Waals surface area contributed by atoms with Crippen LogP contribution in [0.1, 0.15) is 12.1 Å². The Kier molecular flexibility index (Phi) is 4.88. The van der Waals surface area contributed by atoms with Crippen LogP contribution in [-0.2, 0) is 6.54 Å². The van der Waals surface area contributed by atoms with Crippen molar-refractivity contribution in [3.63, 3.8) is 0 Å². The summed E-state index contributed by atoms with van der Waals surface area (Å²) in [6.07, 6.45) is 0.874. The van der Waals surface area contributed by atoms with Gasteiger partial charge < -0.3 is 15.3 Å². The highest BCUT2D eigenvalue weighted by Gasteiger charge is 2.20. The second kappa shape index (κ2) is 7.85. The predicted octanol–water partition coefficient (Wildman–Crippen LogP) is 4.87. The first kappa shape index (κ1) is 19.3. The third-order valence-electron chi connectivity index (χ3n) is 5.86. The number of H-pyrrole nitrogens is 1. The molecule has 0 radical (unpaired) electrons. The topological polar surface area (TPSA) is 76.7 Å². The quantitative estimate of drug-likeness (QED) is 0.436. The summed E-state index contributed by atoms with van der Waals surface area (Å²) in [5, 5.41) is 1.03. The molecule has 0 aliphatic heterocycles. The highest BCUT2D eigenvalue weighted by atomic mass is 16.1. The molecule has 5 rings (SSSR count). The number of aryl methyl sites for hydroxylation is 1. The highest BCUT2D eigenvalue weighted by Crippen LogP contribution is 2.34. The van der Waals surface area contributed by atoms with E-state index in [0.29, 0.717) is 12.2 Å². The number of nitrogens with zero attached hydrogens (tertiary/aromatic N) is 2. The van der Waals surface area contributed by atoms with Crippen molar-refractivity contribution in [1.82, 2.24) is 14.5 Å².